The van der Waals surface area contributed by atoms with Gasteiger partial charge in [-0.05, 0) is 56.2 Å². The summed E-state index contributed by atoms with van der Waals surface area (Å²) in [6, 6.07) is 5.95. The number of aryl methyl sites for hydroxylation is 1. The van der Waals surface area contributed by atoms with Crippen LogP contribution in [0.1, 0.15) is 49.7 Å². The molecule has 0 spiro atoms. The first kappa shape index (κ1) is 13.4. The molecule has 1 fully saturated rings. The van der Waals surface area contributed by atoms with E-state index in [4.69, 9.17) is 9.94 Å². The molecule has 2 atom stereocenters. The zero-order valence-electron chi connectivity index (χ0n) is 11.6. The molecule has 0 radical (unpaired) electrons. The predicted octanol–water partition coefficient (Wildman–Crippen LogP) is 2.88. The van der Waals surface area contributed by atoms with Gasteiger partial charge in [-0.3, -0.25) is 0 Å². The van der Waals surface area contributed by atoms with Gasteiger partial charge in [0.25, 0.3) is 0 Å². The van der Waals surface area contributed by atoms with Crippen LogP contribution in [0.5, 0.6) is 5.75 Å². The largest absolute Gasteiger partial charge is 0.488 e. The van der Waals surface area contributed by atoms with Crippen LogP contribution in [0.2, 0.25) is 0 Å². The highest BCUT2D eigenvalue weighted by Crippen LogP contribution is 2.29. The standard InChI is InChI=1S/C16H21NO3/c18-15-6-1-2-7-16(15)20-12-9-8-11-4-3-5-14(17-19)13(11)10-12/h8-10,15-16,18-19H,1-7H2/b17-14-. The number of aliphatic hydroxyl groups excluding tert-OH is 1. The molecule has 0 bridgehead atoms. The maximum atomic E-state index is 9.98. The molecule has 0 amide bonds. The summed E-state index contributed by atoms with van der Waals surface area (Å²) in [5.74, 6) is 0.762. The van der Waals surface area contributed by atoms with Crippen LogP contribution in [0.3, 0.4) is 0 Å². The SMILES string of the molecule is O/N=C1/CCCc2ccc(OC3CCCCC3O)cc21. The highest BCUT2D eigenvalue weighted by Gasteiger charge is 2.25. The van der Waals surface area contributed by atoms with Crippen LogP contribution < -0.4 is 4.74 Å². The Kier molecular flexibility index (Phi) is 3.92. The van der Waals surface area contributed by atoms with E-state index in [1.54, 1.807) is 0 Å². The van der Waals surface area contributed by atoms with E-state index < -0.39 is 0 Å². The Bertz CT molecular complexity index is 512. The van der Waals surface area contributed by atoms with E-state index in [1.807, 2.05) is 18.2 Å². The summed E-state index contributed by atoms with van der Waals surface area (Å²) in [5, 5.41) is 22.5. The summed E-state index contributed by atoms with van der Waals surface area (Å²) in [6.45, 7) is 0. The summed E-state index contributed by atoms with van der Waals surface area (Å²) >= 11 is 0. The van der Waals surface area contributed by atoms with Gasteiger partial charge in [0, 0.05) is 5.56 Å². The van der Waals surface area contributed by atoms with Gasteiger partial charge in [0.15, 0.2) is 0 Å². The third-order valence-corrected chi connectivity index (χ3v) is 4.33. The van der Waals surface area contributed by atoms with Crippen molar-refractivity contribution in [2.45, 2.75) is 57.2 Å². The molecule has 1 saturated carbocycles. The van der Waals surface area contributed by atoms with Crippen LogP contribution in [-0.2, 0) is 6.42 Å². The van der Waals surface area contributed by atoms with E-state index in [2.05, 4.69) is 5.16 Å². The van der Waals surface area contributed by atoms with E-state index in [1.165, 1.54) is 5.56 Å². The van der Waals surface area contributed by atoms with Gasteiger partial charge in [-0.25, -0.2) is 0 Å². The van der Waals surface area contributed by atoms with E-state index >= 15 is 0 Å². The molecule has 20 heavy (non-hydrogen) atoms. The molecule has 2 unspecified atom stereocenters. The van der Waals surface area contributed by atoms with Crippen molar-refractivity contribution in [1.82, 2.24) is 0 Å². The van der Waals surface area contributed by atoms with Gasteiger partial charge in [0.05, 0.1) is 11.8 Å². The third-order valence-electron chi connectivity index (χ3n) is 4.33. The van der Waals surface area contributed by atoms with Crippen LogP contribution in [0.4, 0.5) is 0 Å². The number of hydrogen-bond acceptors (Lipinski definition) is 4. The Morgan fingerprint density at radius 2 is 1.95 bits per heavy atom. The van der Waals surface area contributed by atoms with Gasteiger partial charge in [-0.15, -0.1) is 0 Å². The van der Waals surface area contributed by atoms with E-state index in [-0.39, 0.29) is 12.2 Å². The minimum absolute atomic E-state index is 0.111. The van der Waals surface area contributed by atoms with Crippen molar-refractivity contribution in [3.8, 4) is 5.75 Å². The fourth-order valence-corrected chi connectivity index (χ4v) is 3.19. The van der Waals surface area contributed by atoms with Crippen LogP contribution in [0, 0.1) is 0 Å². The van der Waals surface area contributed by atoms with Gasteiger partial charge in [0.2, 0.25) is 0 Å². The Morgan fingerprint density at radius 1 is 1.10 bits per heavy atom. The number of ether oxygens (including phenoxy) is 1. The highest BCUT2D eigenvalue weighted by atomic mass is 16.5. The molecule has 0 aliphatic heterocycles. The van der Waals surface area contributed by atoms with E-state index in [0.29, 0.717) is 0 Å². The molecule has 1 aromatic carbocycles. The van der Waals surface area contributed by atoms with Crippen molar-refractivity contribution >= 4 is 5.71 Å². The maximum Gasteiger partial charge on any atom is 0.124 e. The normalized spacial score (nSPS) is 28.1. The fraction of sp³-hybridized carbons (Fsp3) is 0.562. The summed E-state index contributed by atoms with van der Waals surface area (Å²) in [7, 11) is 0. The van der Waals surface area contributed by atoms with Crippen LogP contribution in [0.15, 0.2) is 23.4 Å². The predicted molar refractivity (Wildman–Crippen MR) is 76.6 cm³/mol. The van der Waals surface area contributed by atoms with Crippen molar-refractivity contribution in [3.63, 3.8) is 0 Å². The average Bonchev–Trinajstić information content (AvgIpc) is 2.49. The molecule has 0 saturated heterocycles. The van der Waals surface area contributed by atoms with Gasteiger partial charge in [-0.1, -0.05) is 17.6 Å². The van der Waals surface area contributed by atoms with Crippen molar-refractivity contribution in [2.75, 3.05) is 0 Å². The van der Waals surface area contributed by atoms with Gasteiger partial charge < -0.3 is 15.1 Å². The minimum atomic E-state index is -0.370. The molecule has 108 valence electrons. The zero-order chi connectivity index (χ0) is 13.9. The summed E-state index contributed by atoms with van der Waals surface area (Å²) in [6.07, 6.45) is 6.26. The lowest BCUT2D eigenvalue weighted by Crippen LogP contribution is -2.34. The molecule has 4 nitrogen and oxygen atoms in total. The first-order chi connectivity index (χ1) is 9.78. The van der Waals surface area contributed by atoms with Crippen molar-refractivity contribution in [2.24, 2.45) is 5.16 Å². The smallest absolute Gasteiger partial charge is 0.124 e. The number of nitrogens with zero attached hydrogens (tertiary/aromatic N) is 1. The lowest BCUT2D eigenvalue weighted by atomic mass is 9.90. The Morgan fingerprint density at radius 3 is 2.75 bits per heavy atom. The highest BCUT2D eigenvalue weighted by molar-refractivity contribution is 6.02. The van der Waals surface area contributed by atoms with Crippen molar-refractivity contribution in [1.29, 1.82) is 0 Å². The second-order valence-electron chi connectivity index (χ2n) is 5.73. The topological polar surface area (TPSA) is 62.1 Å². The third kappa shape index (κ3) is 2.66. The molecule has 2 aliphatic carbocycles. The molecule has 2 aliphatic rings. The first-order valence-corrected chi connectivity index (χ1v) is 7.47. The van der Waals surface area contributed by atoms with Gasteiger partial charge in [0.1, 0.15) is 11.9 Å². The lowest BCUT2D eigenvalue weighted by molar-refractivity contribution is 0.00686. The lowest BCUT2D eigenvalue weighted by Gasteiger charge is -2.28. The van der Waals surface area contributed by atoms with E-state index in [0.717, 1.165) is 62.0 Å². The molecule has 2 N–H and O–H groups in total. The van der Waals surface area contributed by atoms with Crippen molar-refractivity contribution < 1.29 is 15.1 Å². The molecular weight excluding hydrogens is 254 g/mol. The van der Waals surface area contributed by atoms with Crippen LogP contribution >= 0.6 is 0 Å². The minimum Gasteiger partial charge on any atom is -0.488 e. The Hall–Kier alpha value is -1.55. The summed E-state index contributed by atoms with van der Waals surface area (Å²) in [4.78, 5) is 0. The number of fused-ring (bicyclic) bond motifs is 1. The molecule has 0 heterocycles. The molecule has 4 heteroatoms. The number of hydrogen-bond donors (Lipinski definition) is 2. The monoisotopic (exact) mass is 275 g/mol. The van der Waals surface area contributed by atoms with E-state index in [9.17, 15) is 5.11 Å². The zero-order valence-corrected chi connectivity index (χ0v) is 11.6. The average molecular weight is 275 g/mol. The Balaban J connectivity index is 1.81. The van der Waals surface area contributed by atoms with Gasteiger partial charge >= 0.3 is 0 Å². The van der Waals surface area contributed by atoms with Gasteiger partial charge in [-0.2, -0.15) is 0 Å². The quantitative estimate of drug-likeness (QED) is 0.644. The second kappa shape index (κ2) is 5.83. The molecule has 0 aromatic heterocycles. The van der Waals surface area contributed by atoms with Crippen molar-refractivity contribution in [3.05, 3.63) is 29.3 Å². The summed E-state index contributed by atoms with van der Waals surface area (Å²) in [5.41, 5.74) is 2.93. The number of aliphatic hydroxyl groups is 1. The second-order valence-corrected chi connectivity index (χ2v) is 5.73. The molecule has 3 rings (SSSR count). The number of benzene rings is 1. The molecular formula is C16H21NO3. The first-order valence-electron chi connectivity index (χ1n) is 7.47. The summed E-state index contributed by atoms with van der Waals surface area (Å²) < 4.78 is 5.94. The number of rotatable bonds is 2. The van der Waals surface area contributed by atoms with Crippen LogP contribution in [0.25, 0.3) is 0 Å². The Labute approximate surface area is 119 Å². The van der Waals surface area contributed by atoms with Crippen LogP contribution in [-0.4, -0.2) is 28.2 Å². The fourth-order valence-electron chi connectivity index (χ4n) is 3.19. The molecule has 1 aromatic rings. The maximum absolute atomic E-state index is 9.98. The number of oxime groups is 1.